The van der Waals surface area contributed by atoms with E-state index in [1.807, 2.05) is 24.3 Å². The predicted molar refractivity (Wildman–Crippen MR) is 316 cm³/mol. The summed E-state index contributed by atoms with van der Waals surface area (Å²) >= 11 is 0. The molecule has 0 heterocycles. The third-order valence-electron chi connectivity index (χ3n) is 11.3. The number of allylic oxidation sites excluding steroid dienone is 23. The van der Waals surface area contributed by atoms with Crippen molar-refractivity contribution in [2.75, 3.05) is 26.4 Å². The van der Waals surface area contributed by atoms with Gasteiger partial charge in [-0.15, -0.1) is 0 Å². The Hall–Kier alpha value is -4.64. The fraction of sp³-hybridized carbons (Fsp3) is 0.578. The van der Waals surface area contributed by atoms with Gasteiger partial charge in [-0.25, -0.2) is 4.57 Å². The van der Waals surface area contributed by atoms with Gasteiger partial charge >= 0.3 is 25.7 Å². The fourth-order valence-corrected chi connectivity index (χ4v) is 7.76. The monoisotopic (exact) mass is 1080 g/mol. The molecule has 0 aliphatic rings. The second kappa shape index (κ2) is 56.6. The topological polar surface area (TPSA) is 155 Å². The Bertz CT molecular complexity index is 1830. The summed E-state index contributed by atoms with van der Waals surface area (Å²) in [6.45, 7) is 4.18. The number of unbranched alkanes of at least 4 members (excludes halogenated alkanes) is 11. The van der Waals surface area contributed by atoms with Crippen LogP contribution in [0.3, 0.4) is 0 Å². The molecule has 12 heteroatoms. The molecular formula is C64H101O11P. The number of carbonyl (C=O) groups excluding carboxylic acids is 3. The normalized spacial score (nSPS) is 14.4. The van der Waals surface area contributed by atoms with Crippen LogP contribution in [-0.2, 0) is 42.2 Å². The zero-order valence-corrected chi connectivity index (χ0v) is 48.0. The Labute approximate surface area is 461 Å². The van der Waals surface area contributed by atoms with Crippen LogP contribution in [0.25, 0.3) is 0 Å². The van der Waals surface area contributed by atoms with Crippen LogP contribution in [0.15, 0.2) is 146 Å². The number of hydrogen-bond donors (Lipinski definition) is 2. The molecule has 0 aromatic rings. The molecule has 0 spiro atoms. The van der Waals surface area contributed by atoms with Crippen LogP contribution in [0.4, 0.5) is 0 Å². The summed E-state index contributed by atoms with van der Waals surface area (Å²) in [4.78, 5) is 48.4. The molecule has 0 radical (unpaired) electrons. The summed E-state index contributed by atoms with van der Waals surface area (Å²) in [7, 11) is -4.80. The highest BCUT2D eigenvalue weighted by atomic mass is 31.2. The van der Waals surface area contributed by atoms with Crippen LogP contribution >= 0.6 is 7.82 Å². The highest BCUT2D eigenvalue weighted by Gasteiger charge is 2.28. The first kappa shape index (κ1) is 71.4. The minimum absolute atomic E-state index is 0.0144. The Morgan fingerprint density at radius 3 is 1.20 bits per heavy atom. The number of hydrogen-bond acceptors (Lipinski definition) is 10. The van der Waals surface area contributed by atoms with Gasteiger partial charge in [0.25, 0.3) is 0 Å². The van der Waals surface area contributed by atoms with Gasteiger partial charge in [-0.05, 0) is 109 Å². The Kier molecular flexibility index (Phi) is 53.1. The number of ether oxygens (including phenoxy) is 3. The van der Waals surface area contributed by atoms with E-state index >= 15 is 0 Å². The lowest BCUT2D eigenvalue weighted by Gasteiger charge is -2.21. The van der Waals surface area contributed by atoms with Gasteiger partial charge in [-0.1, -0.05) is 218 Å². The summed E-state index contributed by atoms with van der Waals surface area (Å²) < 4.78 is 39.3. The van der Waals surface area contributed by atoms with E-state index < -0.39 is 64.4 Å². The molecule has 0 saturated heterocycles. The number of aliphatic hydroxyl groups is 1. The molecule has 0 bridgehead atoms. The van der Waals surface area contributed by atoms with Gasteiger partial charge < -0.3 is 24.2 Å². The summed E-state index contributed by atoms with van der Waals surface area (Å²) in [6, 6.07) is 0. The van der Waals surface area contributed by atoms with E-state index in [4.69, 9.17) is 23.3 Å². The lowest BCUT2D eigenvalue weighted by molar-refractivity contribution is -0.160. The predicted octanol–water partition coefficient (Wildman–Crippen LogP) is 17.1. The minimum atomic E-state index is -4.80. The van der Waals surface area contributed by atoms with E-state index in [0.29, 0.717) is 25.7 Å². The van der Waals surface area contributed by atoms with E-state index in [1.165, 1.54) is 38.5 Å². The number of carbonyl (C=O) groups is 3. The van der Waals surface area contributed by atoms with Crippen LogP contribution in [0.2, 0.25) is 0 Å². The number of phosphoric acid groups is 1. The van der Waals surface area contributed by atoms with Crippen LogP contribution in [-0.4, -0.2) is 66.5 Å². The van der Waals surface area contributed by atoms with E-state index in [9.17, 15) is 28.9 Å². The van der Waals surface area contributed by atoms with Gasteiger partial charge in [-0.2, -0.15) is 0 Å². The van der Waals surface area contributed by atoms with E-state index in [1.54, 1.807) is 6.08 Å². The summed E-state index contributed by atoms with van der Waals surface area (Å²) in [6.07, 6.45) is 72.8. The first-order valence-corrected chi connectivity index (χ1v) is 30.2. The molecule has 0 rings (SSSR count). The van der Waals surface area contributed by atoms with E-state index in [-0.39, 0.29) is 19.3 Å². The average Bonchev–Trinajstić information content (AvgIpc) is 3.41. The minimum Gasteiger partial charge on any atom is -0.461 e. The van der Waals surface area contributed by atoms with Crippen LogP contribution in [0, 0.1) is 0 Å². The maximum atomic E-state index is 12.9. The van der Waals surface area contributed by atoms with Crippen molar-refractivity contribution in [1.29, 1.82) is 0 Å². The molecule has 3 atom stereocenters. The smallest absolute Gasteiger partial charge is 0.461 e. The molecule has 428 valence electrons. The van der Waals surface area contributed by atoms with Gasteiger partial charge in [0.15, 0.2) is 6.10 Å². The molecule has 2 N–H and O–H groups in total. The van der Waals surface area contributed by atoms with Gasteiger partial charge in [0, 0.05) is 12.8 Å². The van der Waals surface area contributed by atoms with Crippen molar-refractivity contribution < 1.29 is 52.2 Å². The molecular weight excluding hydrogens is 976 g/mol. The molecule has 76 heavy (non-hydrogen) atoms. The number of phosphoric ester groups is 1. The average molecular weight is 1080 g/mol. The second-order valence-corrected chi connectivity index (χ2v) is 19.8. The molecule has 0 fully saturated rings. The largest absolute Gasteiger partial charge is 0.472 e. The molecule has 0 saturated carbocycles. The van der Waals surface area contributed by atoms with Crippen molar-refractivity contribution in [3.63, 3.8) is 0 Å². The molecule has 0 amide bonds. The van der Waals surface area contributed by atoms with Gasteiger partial charge in [0.05, 0.1) is 26.2 Å². The zero-order valence-electron chi connectivity index (χ0n) is 47.2. The second-order valence-electron chi connectivity index (χ2n) is 18.3. The SMILES string of the molecule is CC/C=C\C/C=C\C/C=C\C/C=C\C/C=C\C/C=C\CCC(=O)OC(COC(=O)C/C=C\C/C=C\C/C=C\C/C=C\C/C=C\CC)COP(=O)(O)OCC(CO)OC(=O)CCCCCCC/C=C\CCCCCCCC. The van der Waals surface area contributed by atoms with Crippen molar-refractivity contribution in [3.05, 3.63) is 146 Å². The standard InChI is InChI=1S/C64H101O11P/c1-4-7-10-13-16-19-22-25-28-29-30-31-34-37-40-43-46-49-52-55-64(68)75-61(57-71-62(66)53-50-47-44-41-38-35-32-26-23-20-17-14-11-8-5-2)59-73-76(69,70)72-58-60(56-65)74-63(67)54-51-48-45-42-39-36-33-27-24-21-18-15-12-9-6-3/h7-8,10-11,16-17,19-20,25-28,30-33,37-38,40-41,46-47,49-50,60-61,65H,4-6,9,12-15,18,21-24,29,34-36,39,42-45,48,51-59H2,1-3H3,(H,69,70)/b10-7-,11-8-,19-16-,20-17-,28-25-,31-30-,32-26-,33-27-,40-37-,41-38-,49-46-,50-47-. The van der Waals surface area contributed by atoms with Crippen molar-refractivity contribution >= 4 is 25.7 Å². The highest BCUT2D eigenvalue weighted by molar-refractivity contribution is 7.47. The number of rotatable bonds is 51. The Morgan fingerprint density at radius 1 is 0.395 bits per heavy atom. The van der Waals surface area contributed by atoms with Crippen LogP contribution in [0.1, 0.15) is 201 Å². The van der Waals surface area contributed by atoms with Crippen molar-refractivity contribution in [1.82, 2.24) is 0 Å². The van der Waals surface area contributed by atoms with E-state index in [2.05, 4.69) is 136 Å². The van der Waals surface area contributed by atoms with Crippen molar-refractivity contribution in [3.8, 4) is 0 Å². The number of esters is 3. The zero-order chi connectivity index (χ0) is 55.5. The fourth-order valence-electron chi connectivity index (χ4n) is 6.98. The van der Waals surface area contributed by atoms with Crippen LogP contribution < -0.4 is 0 Å². The summed E-state index contributed by atoms with van der Waals surface area (Å²) in [5.74, 6) is -1.75. The number of aliphatic hydroxyl groups excluding tert-OH is 1. The van der Waals surface area contributed by atoms with Gasteiger partial charge in [0.1, 0.15) is 12.7 Å². The lowest BCUT2D eigenvalue weighted by Crippen LogP contribution is -2.30. The van der Waals surface area contributed by atoms with Gasteiger partial charge in [0.2, 0.25) is 0 Å². The summed E-state index contributed by atoms with van der Waals surface area (Å²) in [5.41, 5.74) is 0. The van der Waals surface area contributed by atoms with Gasteiger partial charge in [-0.3, -0.25) is 23.4 Å². The molecule has 0 aromatic heterocycles. The first-order chi connectivity index (χ1) is 37.2. The Balaban J connectivity index is 4.96. The molecule has 3 unspecified atom stereocenters. The van der Waals surface area contributed by atoms with Crippen molar-refractivity contribution in [2.45, 2.75) is 213 Å². The highest BCUT2D eigenvalue weighted by Crippen LogP contribution is 2.43. The molecule has 0 aliphatic carbocycles. The third kappa shape index (κ3) is 54.2. The Morgan fingerprint density at radius 2 is 0.750 bits per heavy atom. The quantitative estimate of drug-likeness (QED) is 0.0197. The molecule has 0 aromatic carbocycles. The van der Waals surface area contributed by atoms with E-state index in [0.717, 1.165) is 96.3 Å². The third-order valence-corrected chi connectivity index (χ3v) is 12.2. The van der Waals surface area contributed by atoms with Crippen molar-refractivity contribution in [2.24, 2.45) is 0 Å². The van der Waals surface area contributed by atoms with Crippen LogP contribution in [0.5, 0.6) is 0 Å². The maximum absolute atomic E-state index is 12.9. The maximum Gasteiger partial charge on any atom is 0.472 e. The lowest BCUT2D eigenvalue weighted by atomic mass is 10.1. The summed E-state index contributed by atoms with van der Waals surface area (Å²) in [5, 5.41) is 9.81. The molecule has 0 aliphatic heterocycles. The molecule has 11 nitrogen and oxygen atoms in total. The first-order valence-electron chi connectivity index (χ1n) is 28.7.